The van der Waals surface area contributed by atoms with Gasteiger partial charge in [-0.25, -0.2) is 0 Å². The summed E-state index contributed by atoms with van der Waals surface area (Å²) in [5.74, 6) is 4.83. The number of nitrogen functional groups attached to an aromatic ring is 1. The van der Waals surface area contributed by atoms with E-state index in [4.69, 9.17) is 5.84 Å². The van der Waals surface area contributed by atoms with Gasteiger partial charge in [0.15, 0.2) is 0 Å². The number of carbonyl (C=O) groups is 1. The molecule has 0 saturated carbocycles. The molecule has 0 aliphatic heterocycles. The Balaban J connectivity index is 2.19. The maximum absolute atomic E-state index is 12.0. The van der Waals surface area contributed by atoms with E-state index in [2.05, 4.69) is 15.7 Å². The molecular weight excluding hydrogens is 274 g/mol. The number of nitrogens with zero attached hydrogens (tertiary/aromatic N) is 2. The molecule has 2 aromatic rings. The Bertz CT molecular complexity index is 702. The summed E-state index contributed by atoms with van der Waals surface area (Å²) in [5, 5.41) is 13.4. The van der Waals surface area contributed by atoms with Crippen LogP contribution in [0.5, 0.6) is 0 Å². The number of anilines is 2. The Morgan fingerprint density at radius 3 is 2.67 bits per heavy atom. The molecule has 0 radical (unpaired) electrons. The molecule has 21 heavy (non-hydrogen) atoms. The molecule has 1 aromatic carbocycles. The minimum Gasteiger partial charge on any atom is -0.324 e. The van der Waals surface area contributed by atoms with Crippen molar-refractivity contribution in [3.63, 3.8) is 0 Å². The maximum Gasteiger partial charge on any atom is 0.274 e. The number of nitrogens with two attached hydrogens (primary N) is 1. The first-order chi connectivity index (χ1) is 10.0. The summed E-state index contributed by atoms with van der Waals surface area (Å²) < 4.78 is 0. The van der Waals surface area contributed by atoms with E-state index < -0.39 is 10.8 Å². The van der Waals surface area contributed by atoms with E-state index in [1.54, 1.807) is 13.0 Å². The lowest BCUT2D eigenvalue weighted by Crippen LogP contribution is -2.15. The van der Waals surface area contributed by atoms with Gasteiger partial charge in [-0.05, 0) is 31.2 Å². The largest absolute Gasteiger partial charge is 0.324 e. The fourth-order valence-corrected chi connectivity index (χ4v) is 1.78. The minimum atomic E-state index is -0.473. The fraction of sp³-hybridized carbons (Fsp3) is 0.0769. The third-order valence-corrected chi connectivity index (χ3v) is 2.81. The third kappa shape index (κ3) is 3.31. The number of nitro groups is 1. The smallest absolute Gasteiger partial charge is 0.274 e. The van der Waals surface area contributed by atoms with Crippen molar-refractivity contribution in [3.05, 3.63) is 57.9 Å². The van der Waals surface area contributed by atoms with Crippen LogP contribution < -0.4 is 16.6 Å². The van der Waals surface area contributed by atoms with E-state index in [0.29, 0.717) is 16.9 Å². The summed E-state index contributed by atoms with van der Waals surface area (Å²) in [6.07, 6.45) is 1.45. The van der Waals surface area contributed by atoms with E-state index in [0.717, 1.165) is 0 Å². The molecule has 0 aliphatic rings. The molecule has 1 aromatic heterocycles. The van der Waals surface area contributed by atoms with Crippen LogP contribution in [0.2, 0.25) is 0 Å². The highest BCUT2D eigenvalue weighted by atomic mass is 16.6. The van der Waals surface area contributed by atoms with Crippen LogP contribution >= 0.6 is 0 Å². The number of rotatable bonds is 4. The number of aromatic nitrogens is 1. The maximum atomic E-state index is 12.0. The summed E-state index contributed by atoms with van der Waals surface area (Å²) in [4.78, 5) is 26.2. The number of aryl methyl sites for hydroxylation is 1. The fourth-order valence-electron chi connectivity index (χ4n) is 1.78. The van der Waals surface area contributed by atoms with Crippen LogP contribution in [0, 0.1) is 17.0 Å². The first-order valence-corrected chi connectivity index (χ1v) is 6.00. The Hall–Kier alpha value is -3.00. The molecule has 8 nitrogen and oxygen atoms in total. The zero-order valence-corrected chi connectivity index (χ0v) is 11.2. The number of pyridine rings is 1. The van der Waals surface area contributed by atoms with Gasteiger partial charge in [0.2, 0.25) is 0 Å². The highest BCUT2D eigenvalue weighted by Gasteiger charge is 2.13. The number of nitrogens with one attached hydrogen (secondary N) is 2. The van der Waals surface area contributed by atoms with Gasteiger partial charge < -0.3 is 10.7 Å². The molecule has 8 heteroatoms. The van der Waals surface area contributed by atoms with Crippen molar-refractivity contribution in [1.29, 1.82) is 0 Å². The van der Waals surface area contributed by atoms with Gasteiger partial charge in [-0.2, -0.15) is 0 Å². The van der Waals surface area contributed by atoms with Crippen molar-refractivity contribution in [3.8, 4) is 0 Å². The predicted molar refractivity (Wildman–Crippen MR) is 77.8 cm³/mol. The van der Waals surface area contributed by atoms with E-state index in [1.807, 2.05) is 0 Å². The number of amides is 1. The summed E-state index contributed by atoms with van der Waals surface area (Å²) in [6.45, 7) is 1.60. The SMILES string of the molecule is Cc1cc(NC(=O)c2cc(NN)ccn2)ccc1[N+](=O)[O-]. The molecule has 0 bridgehead atoms. The number of carbonyl (C=O) groups excluding carboxylic acids is 1. The standard InChI is InChI=1S/C13H13N5O3/c1-8-6-9(2-3-12(8)18(20)21)16-13(19)11-7-10(17-14)4-5-15-11/h2-7H,14H2,1H3,(H,15,17)(H,16,19). The first-order valence-electron chi connectivity index (χ1n) is 6.00. The summed E-state index contributed by atoms with van der Waals surface area (Å²) in [7, 11) is 0. The molecule has 0 unspecified atom stereocenters. The van der Waals surface area contributed by atoms with Gasteiger partial charge in [0, 0.05) is 23.5 Å². The summed E-state index contributed by atoms with van der Waals surface area (Å²) in [5.41, 5.74) is 4.07. The first kappa shape index (κ1) is 14.4. The van der Waals surface area contributed by atoms with Gasteiger partial charge in [-0.15, -0.1) is 0 Å². The van der Waals surface area contributed by atoms with Crippen molar-refractivity contribution in [2.45, 2.75) is 6.92 Å². The average Bonchev–Trinajstić information content (AvgIpc) is 2.47. The average molecular weight is 287 g/mol. The van der Waals surface area contributed by atoms with Gasteiger partial charge >= 0.3 is 0 Å². The van der Waals surface area contributed by atoms with Crippen molar-refractivity contribution < 1.29 is 9.72 Å². The number of hydrazine groups is 1. The van der Waals surface area contributed by atoms with Gasteiger partial charge in [0.05, 0.1) is 10.6 Å². The number of benzene rings is 1. The van der Waals surface area contributed by atoms with Gasteiger partial charge in [0.25, 0.3) is 11.6 Å². The van der Waals surface area contributed by atoms with Crippen molar-refractivity contribution in [2.75, 3.05) is 10.7 Å². The molecule has 0 spiro atoms. The zero-order valence-electron chi connectivity index (χ0n) is 11.2. The molecule has 1 amide bonds. The van der Waals surface area contributed by atoms with Crippen LogP contribution in [-0.2, 0) is 0 Å². The number of nitro benzene ring substituents is 1. The van der Waals surface area contributed by atoms with Crippen LogP contribution in [0.3, 0.4) is 0 Å². The summed E-state index contributed by atoms with van der Waals surface area (Å²) >= 11 is 0. The van der Waals surface area contributed by atoms with E-state index >= 15 is 0 Å². The van der Waals surface area contributed by atoms with E-state index in [9.17, 15) is 14.9 Å². The normalized spacial score (nSPS) is 10.0. The Morgan fingerprint density at radius 1 is 1.29 bits per heavy atom. The van der Waals surface area contributed by atoms with Crippen LogP contribution in [0.4, 0.5) is 17.1 Å². The van der Waals surface area contributed by atoms with E-state index in [1.165, 1.54) is 30.5 Å². The molecule has 108 valence electrons. The van der Waals surface area contributed by atoms with Crippen LogP contribution in [0.15, 0.2) is 36.5 Å². The number of hydrogen-bond donors (Lipinski definition) is 3. The van der Waals surface area contributed by atoms with Crippen LogP contribution in [0.1, 0.15) is 16.1 Å². The van der Waals surface area contributed by atoms with Gasteiger partial charge in [0.1, 0.15) is 5.69 Å². The van der Waals surface area contributed by atoms with Gasteiger partial charge in [-0.1, -0.05) is 0 Å². The number of hydrogen-bond acceptors (Lipinski definition) is 6. The Morgan fingerprint density at radius 2 is 2.05 bits per heavy atom. The molecule has 2 rings (SSSR count). The van der Waals surface area contributed by atoms with Crippen molar-refractivity contribution in [2.24, 2.45) is 5.84 Å². The highest BCUT2D eigenvalue weighted by Crippen LogP contribution is 2.22. The zero-order chi connectivity index (χ0) is 15.4. The van der Waals surface area contributed by atoms with Gasteiger partial charge in [-0.3, -0.25) is 25.7 Å². The lowest BCUT2D eigenvalue weighted by atomic mass is 10.2. The molecule has 0 aliphatic carbocycles. The second kappa shape index (κ2) is 5.97. The third-order valence-electron chi connectivity index (χ3n) is 2.81. The molecule has 1 heterocycles. The minimum absolute atomic E-state index is 0.000420. The highest BCUT2D eigenvalue weighted by molar-refractivity contribution is 6.03. The van der Waals surface area contributed by atoms with E-state index in [-0.39, 0.29) is 11.4 Å². The van der Waals surface area contributed by atoms with Crippen LogP contribution in [-0.4, -0.2) is 15.8 Å². The molecule has 0 atom stereocenters. The predicted octanol–water partition coefficient (Wildman–Crippen LogP) is 1.84. The van der Waals surface area contributed by atoms with Crippen LogP contribution in [0.25, 0.3) is 0 Å². The molecule has 0 saturated heterocycles. The molecule has 4 N–H and O–H groups in total. The molecule has 0 fully saturated rings. The molecular formula is C13H13N5O3. The Kier molecular flexibility index (Phi) is 4.10. The lowest BCUT2D eigenvalue weighted by Gasteiger charge is -2.07. The quantitative estimate of drug-likeness (QED) is 0.448. The topological polar surface area (TPSA) is 123 Å². The lowest BCUT2D eigenvalue weighted by molar-refractivity contribution is -0.385. The van der Waals surface area contributed by atoms with Crippen molar-refractivity contribution in [1.82, 2.24) is 4.98 Å². The van der Waals surface area contributed by atoms with Crippen molar-refractivity contribution >= 4 is 23.0 Å². The second-order valence-electron chi connectivity index (χ2n) is 4.29. The monoisotopic (exact) mass is 287 g/mol. The second-order valence-corrected chi connectivity index (χ2v) is 4.29. The summed E-state index contributed by atoms with van der Waals surface area (Å²) in [6, 6.07) is 7.45. The Labute approximate surface area is 120 Å².